The van der Waals surface area contributed by atoms with Gasteiger partial charge in [-0.3, -0.25) is 9.59 Å². The molecule has 6 nitrogen and oxygen atoms in total. The molecule has 0 bridgehead atoms. The highest BCUT2D eigenvalue weighted by atomic mass is 16.5. The van der Waals surface area contributed by atoms with E-state index in [1.54, 1.807) is 0 Å². The molecule has 0 saturated heterocycles. The first-order valence-corrected chi connectivity index (χ1v) is 25.4. The van der Waals surface area contributed by atoms with Gasteiger partial charge in [0.2, 0.25) is 5.91 Å². The van der Waals surface area contributed by atoms with Gasteiger partial charge in [-0.25, -0.2) is 0 Å². The molecule has 0 spiro atoms. The fourth-order valence-corrected chi connectivity index (χ4v) is 7.60. The molecule has 0 aromatic rings. The lowest BCUT2D eigenvalue weighted by Gasteiger charge is -2.24. The van der Waals surface area contributed by atoms with Crippen LogP contribution in [0.5, 0.6) is 0 Å². The molecule has 344 valence electrons. The van der Waals surface area contributed by atoms with Gasteiger partial charge in [-0.1, -0.05) is 223 Å². The summed E-state index contributed by atoms with van der Waals surface area (Å²) in [6, 6.07) is -0.705. The van der Waals surface area contributed by atoms with Crippen molar-refractivity contribution in [2.75, 3.05) is 6.61 Å². The SMILES string of the molecule is CC/C=C/C/C=C/C/C=C/C/C=C/CCCCCC(=O)OC(CCCCCCCCCCCCCCC)CC(=O)NC(CO)C(O)CCCCCCCCCCCCC. The van der Waals surface area contributed by atoms with E-state index in [4.69, 9.17) is 4.74 Å². The lowest BCUT2D eigenvalue weighted by atomic mass is 10.0. The third-order valence-corrected chi connectivity index (χ3v) is 11.4. The summed E-state index contributed by atoms with van der Waals surface area (Å²) < 4.78 is 5.92. The van der Waals surface area contributed by atoms with Crippen molar-refractivity contribution in [3.05, 3.63) is 48.6 Å². The van der Waals surface area contributed by atoms with E-state index in [1.807, 2.05) is 0 Å². The fourth-order valence-electron chi connectivity index (χ4n) is 7.60. The first-order valence-electron chi connectivity index (χ1n) is 25.4. The van der Waals surface area contributed by atoms with Crippen LogP contribution in [0.25, 0.3) is 0 Å². The molecule has 0 fully saturated rings. The van der Waals surface area contributed by atoms with Gasteiger partial charge in [-0.05, 0) is 64.2 Å². The van der Waals surface area contributed by atoms with Gasteiger partial charge in [-0.2, -0.15) is 0 Å². The van der Waals surface area contributed by atoms with Gasteiger partial charge in [-0.15, -0.1) is 0 Å². The van der Waals surface area contributed by atoms with Gasteiger partial charge in [0.05, 0.1) is 25.2 Å². The molecule has 0 aromatic carbocycles. The molecule has 3 N–H and O–H groups in total. The number of esters is 1. The third-order valence-electron chi connectivity index (χ3n) is 11.4. The minimum atomic E-state index is -0.791. The van der Waals surface area contributed by atoms with Crippen molar-refractivity contribution < 1.29 is 24.5 Å². The maximum atomic E-state index is 13.2. The Morgan fingerprint density at radius 2 is 0.915 bits per heavy atom. The average molecular weight is 828 g/mol. The fraction of sp³-hybridized carbons (Fsp3) is 0.811. The first kappa shape index (κ1) is 56.8. The van der Waals surface area contributed by atoms with E-state index >= 15 is 0 Å². The maximum absolute atomic E-state index is 13.2. The monoisotopic (exact) mass is 828 g/mol. The zero-order chi connectivity index (χ0) is 43.1. The summed E-state index contributed by atoms with van der Waals surface area (Å²) in [6.07, 6.45) is 55.9. The molecule has 1 amide bonds. The van der Waals surface area contributed by atoms with Gasteiger partial charge in [0.15, 0.2) is 0 Å². The second kappa shape index (κ2) is 46.9. The van der Waals surface area contributed by atoms with Crippen LogP contribution in [-0.4, -0.2) is 46.9 Å². The zero-order valence-electron chi connectivity index (χ0n) is 39.1. The summed E-state index contributed by atoms with van der Waals surface area (Å²) in [5, 5.41) is 23.7. The molecule has 0 radical (unpaired) electrons. The number of nitrogens with one attached hydrogen (secondary N) is 1. The Balaban J connectivity index is 4.62. The van der Waals surface area contributed by atoms with Crippen LogP contribution in [0.1, 0.15) is 252 Å². The molecule has 0 rings (SSSR count). The van der Waals surface area contributed by atoms with Crippen molar-refractivity contribution in [2.24, 2.45) is 0 Å². The van der Waals surface area contributed by atoms with Crippen LogP contribution < -0.4 is 5.32 Å². The summed E-state index contributed by atoms with van der Waals surface area (Å²) in [4.78, 5) is 26.1. The van der Waals surface area contributed by atoms with Crippen molar-refractivity contribution in [2.45, 2.75) is 270 Å². The van der Waals surface area contributed by atoms with Gasteiger partial charge in [0, 0.05) is 6.42 Å². The molecule has 0 aliphatic rings. The Morgan fingerprint density at radius 3 is 1.37 bits per heavy atom. The molecule has 59 heavy (non-hydrogen) atoms. The maximum Gasteiger partial charge on any atom is 0.306 e. The lowest BCUT2D eigenvalue weighted by molar-refractivity contribution is -0.151. The summed E-state index contributed by atoms with van der Waals surface area (Å²) in [5.74, 6) is -0.503. The van der Waals surface area contributed by atoms with E-state index in [2.05, 4.69) is 74.7 Å². The van der Waals surface area contributed by atoms with Crippen molar-refractivity contribution in [1.29, 1.82) is 0 Å². The predicted octanol–water partition coefficient (Wildman–Crippen LogP) is 15.1. The first-order chi connectivity index (χ1) is 29.0. The Hall–Kier alpha value is -2.18. The summed E-state index contributed by atoms with van der Waals surface area (Å²) in [6.45, 7) is 6.36. The number of hydrogen-bond acceptors (Lipinski definition) is 5. The van der Waals surface area contributed by atoms with Gasteiger partial charge < -0.3 is 20.3 Å². The lowest BCUT2D eigenvalue weighted by Crippen LogP contribution is -2.46. The number of allylic oxidation sites excluding steroid dienone is 8. The molecular weight excluding hydrogens is 731 g/mol. The van der Waals surface area contributed by atoms with Crippen molar-refractivity contribution in [1.82, 2.24) is 5.32 Å². The topological polar surface area (TPSA) is 95.9 Å². The second-order valence-electron chi connectivity index (χ2n) is 17.2. The van der Waals surface area contributed by atoms with Gasteiger partial charge in [0.25, 0.3) is 0 Å². The smallest absolute Gasteiger partial charge is 0.306 e. The molecular formula is C53H97NO5. The summed E-state index contributed by atoms with van der Waals surface area (Å²) in [7, 11) is 0. The Morgan fingerprint density at radius 1 is 0.508 bits per heavy atom. The van der Waals surface area contributed by atoms with Crippen LogP contribution >= 0.6 is 0 Å². The Kier molecular flexibility index (Phi) is 45.1. The summed E-state index contributed by atoms with van der Waals surface area (Å²) >= 11 is 0. The quantitative estimate of drug-likeness (QED) is 0.0323. The van der Waals surface area contributed by atoms with Crippen LogP contribution in [-0.2, 0) is 14.3 Å². The van der Waals surface area contributed by atoms with Crippen molar-refractivity contribution in [3.63, 3.8) is 0 Å². The number of unbranched alkanes of at least 4 members (excludes halogenated alkanes) is 25. The molecule has 0 aromatic heterocycles. The van der Waals surface area contributed by atoms with Crippen LogP contribution in [0.3, 0.4) is 0 Å². The van der Waals surface area contributed by atoms with Crippen LogP contribution in [0.2, 0.25) is 0 Å². The average Bonchev–Trinajstić information content (AvgIpc) is 3.23. The molecule has 6 heteroatoms. The van der Waals surface area contributed by atoms with Gasteiger partial charge >= 0.3 is 5.97 Å². The highest BCUT2D eigenvalue weighted by Gasteiger charge is 2.24. The minimum absolute atomic E-state index is 0.0670. The van der Waals surface area contributed by atoms with Crippen LogP contribution in [0, 0.1) is 0 Å². The number of carbonyl (C=O) groups excluding carboxylic acids is 2. The number of ether oxygens (including phenoxy) is 1. The molecule has 0 heterocycles. The highest BCUT2D eigenvalue weighted by Crippen LogP contribution is 2.18. The number of aliphatic hydroxyl groups excluding tert-OH is 2. The highest BCUT2D eigenvalue weighted by molar-refractivity contribution is 5.77. The van der Waals surface area contributed by atoms with Crippen molar-refractivity contribution in [3.8, 4) is 0 Å². The minimum Gasteiger partial charge on any atom is -0.462 e. The van der Waals surface area contributed by atoms with E-state index < -0.39 is 18.2 Å². The van der Waals surface area contributed by atoms with E-state index in [0.717, 1.165) is 83.5 Å². The van der Waals surface area contributed by atoms with Crippen molar-refractivity contribution >= 4 is 11.9 Å². The number of hydrogen-bond donors (Lipinski definition) is 3. The normalized spacial score (nSPS) is 13.6. The molecule has 0 aliphatic heterocycles. The molecule has 3 atom stereocenters. The van der Waals surface area contributed by atoms with E-state index in [1.165, 1.54) is 122 Å². The summed E-state index contributed by atoms with van der Waals surface area (Å²) in [5.41, 5.74) is 0. The van der Waals surface area contributed by atoms with E-state index in [-0.39, 0.29) is 24.9 Å². The largest absolute Gasteiger partial charge is 0.462 e. The van der Waals surface area contributed by atoms with E-state index in [9.17, 15) is 19.8 Å². The van der Waals surface area contributed by atoms with Gasteiger partial charge in [0.1, 0.15) is 6.10 Å². The number of rotatable bonds is 45. The number of carbonyl (C=O) groups is 2. The Labute approximate surface area is 366 Å². The standard InChI is InChI=1S/C53H97NO5/c1-4-7-10-13-16-19-22-24-25-26-28-31-34-37-40-43-46-53(58)59-49(44-41-38-35-32-30-27-23-20-17-14-11-8-5-2)47-52(57)54-50(48-55)51(56)45-42-39-36-33-29-21-18-15-12-9-6-3/h7,10,16,19,24-25,28,31,49-51,55-56H,4-6,8-9,11-15,17-18,20-23,26-27,29-30,32-48H2,1-3H3,(H,54,57)/b10-7+,19-16+,25-24+,31-28+. The molecule has 0 aliphatic carbocycles. The predicted molar refractivity (Wildman–Crippen MR) is 255 cm³/mol. The molecule has 0 saturated carbocycles. The third kappa shape index (κ3) is 42.3. The molecule has 3 unspecified atom stereocenters. The second-order valence-corrected chi connectivity index (χ2v) is 17.2. The number of amides is 1. The Bertz CT molecular complexity index is 1020. The van der Waals surface area contributed by atoms with Crippen LogP contribution in [0.15, 0.2) is 48.6 Å². The number of aliphatic hydroxyl groups is 2. The van der Waals surface area contributed by atoms with E-state index in [0.29, 0.717) is 19.3 Å². The zero-order valence-corrected chi connectivity index (χ0v) is 39.1. The van der Waals surface area contributed by atoms with Crippen LogP contribution in [0.4, 0.5) is 0 Å².